The van der Waals surface area contributed by atoms with Gasteiger partial charge in [0.25, 0.3) is 5.91 Å². The second kappa shape index (κ2) is 5.12. The van der Waals surface area contributed by atoms with Crippen LogP contribution in [-0.4, -0.2) is 30.4 Å². The minimum absolute atomic E-state index is 0.0288. The molecule has 3 heteroatoms. The maximum Gasteiger partial charge on any atom is 0.253 e. The quantitative estimate of drug-likeness (QED) is 0.843. The summed E-state index contributed by atoms with van der Waals surface area (Å²) >= 11 is 0. The molecule has 3 nitrogen and oxygen atoms in total. The molecule has 0 radical (unpaired) electrons. The molecule has 0 aliphatic carbocycles. The van der Waals surface area contributed by atoms with Gasteiger partial charge in [-0.3, -0.25) is 4.79 Å². The van der Waals surface area contributed by atoms with Crippen LogP contribution in [0.25, 0.3) is 0 Å². The SMILES string of the molecule is Cc1ccc(C(=O)N(C)[C@@H](C)CN)cc1C. The number of rotatable bonds is 3. The number of carbonyl (C=O) groups excluding carboxylic acids is 1. The van der Waals surface area contributed by atoms with E-state index in [1.807, 2.05) is 39.0 Å². The normalized spacial score (nSPS) is 12.3. The molecule has 88 valence electrons. The lowest BCUT2D eigenvalue weighted by atomic mass is 10.1. The first-order valence-electron chi connectivity index (χ1n) is 5.52. The molecule has 0 bridgehead atoms. The number of likely N-dealkylation sites (N-methyl/N-ethyl adjacent to an activating group) is 1. The van der Waals surface area contributed by atoms with Crippen LogP contribution in [0.5, 0.6) is 0 Å². The fourth-order valence-electron chi connectivity index (χ4n) is 1.44. The lowest BCUT2D eigenvalue weighted by Gasteiger charge is -2.23. The third-order valence-electron chi connectivity index (χ3n) is 3.08. The van der Waals surface area contributed by atoms with E-state index in [0.717, 1.165) is 11.1 Å². The van der Waals surface area contributed by atoms with Gasteiger partial charge in [0.1, 0.15) is 0 Å². The third-order valence-corrected chi connectivity index (χ3v) is 3.08. The van der Waals surface area contributed by atoms with Crippen LogP contribution < -0.4 is 5.73 Å². The third kappa shape index (κ3) is 2.61. The summed E-state index contributed by atoms with van der Waals surface area (Å²) in [5, 5.41) is 0. The van der Waals surface area contributed by atoms with Gasteiger partial charge in [0.05, 0.1) is 0 Å². The van der Waals surface area contributed by atoms with Crippen LogP contribution in [0.2, 0.25) is 0 Å². The van der Waals surface area contributed by atoms with E-state index in [4.69, 9.17) is 5.73 Å². The van der Waals surface area contributed by atoms with Crippen molar-refractivity contribution in [1.29, 1.82) is 0 Å². The average Bonchev–Trinajstić information content (AvgIpc) is 2.29. The van der Waals surface area contributed by atoms with Crippen molar-refractivity contribution in [3.8, 4) is 0 Å². The Bertz CT molecular complexity index is 388. The summed E-state index contributed by atoms with van der Waals surface area (Å²) in [4.78, 5) is 13.8. The van der Waals surface area contributed by atoms with E-state index in [2.05, 4.69) is 0 Å². The summed E-state index contributed by atoms with van der Waals surface area (Å²) in [6.45, 7) is 6.47. The van der Waals surface area contributed by atoms with Gasteiger partial charge >= 0.3 is 0 Å². The Hall–Kier alpha value is -1.35. The minimum Gasteiger partial charge on any atom is -0.338 e. The number of aryl methyl sites for hydroxylation is 2. The van der Waals surface area contributed by atoms with Gasteiger partial charge in [-0.05, 0) is 44.0 Å². The number of amides is 1. The van der Waals surface area contributed by atoms with Crippen molar-refractivity contribution in [2.75, 3.05) is 13.6 Å². The zero-order valence-corrected chi connectivity index (χ0v) is 10.4. The maximum absolute atomic E-state index is 12.1. The van der Waals surface area contributed by atoms with Crippen LogP contribution >= 0.6 is 0 Å². The van der Waals surface area contributed by atoms with Crippen molar-refractivity contribution in [2.24, 2.45) is 5.73 Å². The summed E-state index contributed by atoms with van der Waals surface area (Å²) in [5.41, 5.74) is 8.62. The van der Waals surface area contributed by atoms with Crippen LogP contribution in [0, 0.1) is 13.8 Å². The van der Waals surface area contributed by atoms with Gasteiger partial charge in [0, 0.05) is 25.2 Å². The summed E-state index contributed by atoms with van der Waals surface area (Å²) in [7, 11) is 1.79. The molecule has 0 heterocycles. The van der Waals surface area contributed by atoms with Gasteiger partial charge in [-0.1, -0.05) is 6.07 Å². The molecule has 0 saturated carbocycles. The van der Waals surface area contributed by atoms with Crippen LogP contribution in [0.15, 0.2) is 18.2 Å². The average molecular weight is 220 g/mol. The molecular formula is C13H20N2O. The van der Waals surface area contributed by atoms with Gasteiger partial charge in [-0.2, -0.15) is 0 Å². The molecule has 0 fully saturated rings. The molecule has 2 N–H and O–H groups in total. The lowest BCUT2D eigenvalue weighted by Crippen LogP contribution is -2.39. The van der Waals surface area contributed by atoms with Gasteiger partial charge < -0.3 is 10.6 Å². The molecule has 0 saturated heterocycles. The molecule has 0 aromatic heterocycles. The first kappa shape index (κ1) is 12.7. The highest BCUT2D eigenvalue weighted by molar-refractivity contribution is 5.94. The standard InChI is InChI=1S/C13H20N2O/c1-9-5-6-12(7-10(9)2)13(16)15(4)11(3)8-14/h5-7,11H,8,14H2,1-4H3/t11-/m0/s1. The zero-order valence-electron chi connectivity index (χ0n) is 10.4. The first-order valence-corrected chi connectivity index (χ1v) is 5.52. The summed E-state index contributed by atoms with van der Waals surface area (Å²) in [5.74, 6) is 0.0288. The molecule has 0 aliphatic rings. The fraction of sp³-hybridized carbons (Fsp3) is 0.462. The van der Waals surface area contributed by atoms with E-state index in [-0.39, 0.29) is 11.9 Å². The van der Waals surface area contributed by atoms with Gasteiger partial charge in [0.15, 0.2) is 0 Å². The topological polar surface area (TPSA) is 46.3 Å². The van der Waals surface area contributed by atoms with Crippen molar-refractivity contribution < 1.29 is 4.79 Å². The van der Waals surface area contributed by atoms with Crippen molar-refractivity contribution >= 4 is 5.91 Å². The van der Waals surface area contributed by atoms with Crippen molar-refractivity contribution in [2.45, 2.75) is 26.8 Å². The highest BCUT2D eigenvalue weighted by atomic mass is 16.2. The molecule has 0 aliphatic heterocycles. The fourth-order valence-corrected chi connectivity index (χ4v) is 1.44. The molecular weight excluding hydrogens is 200 g/mol. The molecule has 1 atom stereocenters. The highest BCUT2D eigenvalue weighted by Crippen LogP contribution is 2.12. The number of benzene rings is 1. The van der Waals surface area contributed by atoms with Gasteiger partial charge in [0.2, 0.25) is 0 Å². The van der Waals surface area contributed by atoms with Gasteiger partial charge in [-0.25, -0.2) is 0 Å². The van der Waals surface area contributed by atoms with E-state index in [1.165, 1.54) is 5.56 Å². The molecule has 1 amide bonds. The number of nitrogens with zero attached hydrogens (tertiary/aromatic N) is 1. The zero-order chi connectivity index (χ0) is 12.3. The first-order chi connectivity index (χ1) is 7.47. The summed E-state index contributed by atoms with van der Waals surface area (Å²) in [6, 6.07) is 5.83. The number of hydrogen-bond donors (Lipinski definition) is 1. The largest absolute Gasteiger partial charge is 0.338 e. The van der Waals surface area contributed by atoms with E-state index >= 15 is 0 Å². The Morgan fingerprint density at radius 3 is 2.50 bits per heavy atom. The number of nitrogens with two attached hydrogens (primary N) is 1. The maximum atomic E-state index is 12.1. The molecule has 1 rings (SSSR count). The van der Waals surface area contributed by atoms with Crippen molar-refractivity contribution in [3.63, 3.8) is 0 Å². The Kier molecular flexibility index (Phi) is 4.07. The predicted molar refractivity (Wildman–Crippen MR) is 66.5 cm³/mol. The van der Waals surface area contributed by atoms with Gasteiger partial charge in [-0.15, -0.1) is 0 Å². The molecule has 0 unspecified atom stereocenters. The minimum atomic E-state index is 0.0288. The monoisotopic (exact) mass is 220 g/mol. The van der Waals surface area contributed by atoms with Crippen LogP contribution in [0.1, 0.15) is 28.4 Å². The lowest BCUT2D eigenvalue weighted by molar-refractivity contribution is 0.0748. The van der Waals surface area contributed by atoms with Crippen molar-refractivity contribution in [3.05, 3.63) is 34.9 Å². The van der Waals surface area contributed by atoms with E-state index in [0.29, 0.717) is 6.54 Å². The second-order valence-corrected chi connectivity index (χ2v) is 4.30. The van der Waals surface area contributed by atoms with Crippen LogP contribution in [-0.2, 0) is 0 Å². The Labute approximate surface area is 97.2 Å². The molecule has 0 spiro atoms. The van der Waals surface area contributed by atoms with Crippen molar-refractivity contribution in [1.82, 2.24) is 4.90 Å². The summed E-state index contributed by atoms with van der Waals surface area (Å²) < 4.78 is 0. The second-order valence-electron chi connectivity index (χ2n) is 4.30. The Balaban J connectivity index is 2.92. The van der Waals surface area contributed by atoms with E-state index in [9.17, 15) is 4.79 Å². The highest BCUT2D eigenvalue weighted by Gasteiger charge is 2.16. The van der Waals surface area contributed by atoms with E-state index < -0.39 is 0 Å². The molecule has 16 heavy (non-hydrogen) atoms. The molecule has 1 aromatic carbocycles. The number of carbonyl (C=O) groups is 1. The smallest absolute Gasteiger partial charge is 0.253 e. The van der Waals surface area contributed by atoms with E-state index in [1.54, 1.807) is 11.9 Å². The molecule has 1 aromatic rings. The summed E-state index contributed by atoms with van der Waals surface area (Å²) in [6.07, 6.45) is 0. The Morgan fingerprint density at radius 1 is 1.38 bits per heavy atom. The number of hydrogen-bond acceptors (Lipinski definition) is 2. The Morgan fingerprint density at radius 2 is 2.00 bits per heavy atom. The van der Waals surface area contributed by atoms with Crippen LogP contribution in [0.4, 0.5) is 0 Å². The van der Waals surface area contributed by atoms with Crippen LogP contribution in [0.3, 0.4) is 0 Å². The predicted octanol–water partition coefficient (Wildman–Crippen LogP) is 1.72.